The highest BCUT2D eigenvalue weighted by molar-refractivity contribution is 8.00. The number of hydrogen-bond acceptors (Lipinski definition) is 4. The second kappa shape index (κ2) is 8.84. The Morgan fingerprint density at radius 2 is 1.90 bits per heavy atom. The summed E-state index contributed by atoms with van der Waals surface area (Å²) in [4.78, 5) is 27.8. The van der Waals surface area contributed by atoms with Gasteiger partial charge in [-0.05, 0) is 47.2 Å². The fourth-order valence-corrected chi connectivity index (χ4v) is 5.36. The predicted octanol–water partition coefficient (Wildman–Crippen LogP) is 5.27. The van der Waals surface area contributed by atoms with Crippen LogP contribution in [-0.2, 0) is 22.4 Å². The number of hydrogen-bond donors (Lipinski definition) is 1. The molecule has 0 aliphatic carbocycles. The Morgan fingerprint density at radius 3 is 2.62 bits per heavy atom. The molecule has 1 aliphatic rings. The molecule has 2 amide bonds. The Balaban J connectivity index is 1.50. The highest BCUT2D eigenvalue weighted by Crippen LogP contribution is 2.43. The van der Waals surface area contributed by atoms with Gasteiger partial charge in [0.15, 0.2) is 0 Å². The molecular formula is C23H22N2O2S2. The van der Waals surface area contributed by atoms with E-state index >= 15 is 0 Å². The van der Waals surface area contributed by atoms with Gasteiger partial charge in [-0.25, -0.2) is 0 Å². The number of anilines is 2. The zero-order valence-corrected chi connectivity index (χ0v) is 17.8. The number of nitrogens with one attached hydrogen (secondary N) is 1. The van der Waals surface area contributed by atoms with Crippen LogP contribution in [0, 0.1) is 0 Å². The summed E-state index contributed by atoms with van der Waals surface area (Å²) in [6.45, 7) is 2.11. The Morgan fingerprint density at radius 1 is 1.10 bits per heavy atom. The molecule has 1 aromatic heterocycles. The number of benzene rings is 2. The van der Waals surface area contributed by atoms with Crippen LogP contribution < -0.4 is 10.2 Å². The predicted molar refractivity (Wildman–Crippen MR) is 122 cm³/mol. The van der Waals surface area contributed by atoms with Crippen molar-refractivity contribution in [3.8, 4) is 0 Å². The number of thiophene rings is 1. The van der Waals surface area contributed by atoms with Crippen molar-refractivity contribution in [3.05, 3.63) is 82.0 Å². The smallest absolute Gasteiger partial charge is 0.238 e. The van der Waals surface area contributed by atoms with Gasteiger partial charge in [-0.2, -0.15) is 0 Å². The van der Waals surface area contributed by atoms with Crippen molar-refractivity contribution >= 4 is 46.3 Å². The molecule has 29 heavy (non-hydrogen) atoms. The maximum atomic E-state index is 12.6. The highest BCUT2D eigenvalue weighted by Gasteiger charge is 2.34. The molecule has 1 saturated heterocycles. The van der Waals surface area contributed by atoms with Gasteiger partial charge in [-0.15, -0.1) is 23.1 Å². The molecule has 0 spiro atoms. The normalized spacial score (nSPS) is 16.2. The molecule has 1 fully saturated rings. The van der Waals surface area contributed by atoms with E-state index in [0.717, 1.165) is 28.2 Å². The van der Waals surface area contributed by atoms with Gasteiger partial charge < -0.3 is 5.32 Å². The summed E-state index contributed by atoms with van der Waals surface area (Å²) >= 11 is 3.22. The van der Waals surface area contributed by atoms with E-state index in [2.05, 4.69) is 18.3 Å². The summed E-state index contributed by atoms with van der Waals surface area (Å²) in [6.07, 6.45) is 1.26. The summed E-state index contributed by atoms with van der Waals surface area (Å²) in [5.41, 5.74) is 3.99. The second-order valence-corrected chi connectivity index (χ2v) is 8.94. The molecule has 3 aromatic rings. The average Bonchev–Trinajstić information content (AvgIpc) is 3.38. The van der Waals surface area contributed by atoms with Crippen LogP contribution in [0.2, 0.25) is 0 Å². The number of carbonyl (C=O) groups excluding carboxylic acids is 2. The van der Waals surface area contributed by atoms with Gasteiger partial charge in [0, 0.05) is 16.3 Å². The van der Waals surface area contributed by atoms with Gasteiger partial charge in [-0.3, -0.25) is 14.5 Å². The van der Waals surface area contributed by atoms with Gasteiger partial charge in [0.25, 0.3) is 0 Å². The lowest BCUT2D eigenvalue weighted by molar-refractivity contribution is -0.116. The Hall–Kier alpha value is -2.57. The first kappa shape index (κ1) is 19.7. The SMILES string of the molecule is CCc1ccccc1N1C(=O)CS[C@H]1c1ccc(NC(=O)Cc2cccs2)cc1. The van der Waals surface area contributed by atoms with Crippen molar-refractivity contribution < 1.29 is 9.59 Å². The van der Waals surface area contributed by atoms with Gasteiger partial charge in [-0.1, -0.05) is 43.3 Å². The molecule has 1 aliphatic heterocycles. The van der Waals surface area contributed by atoms with Gasteiger partial charge >= 0.3 is 0 Å². The minimum Gasteiger partial charge on any atom is -0.326 e. The molecule has 2 aromatic carbocycles. The molecule has 1 atom stereocenters. The van der Waals surface area contributed by atoms with Crippen LogP contribution in [-0.4, -0.2) is 17.6 Å². The maximum absolute atomic E-state index is 12.6. The van der Waals surface area contributed by atoms with Crippen molar-refractivity contribution in [2.75, 3.05) is 16.0 Å². The van der Waals surface area contributed by atoms with Crippen LogP contribution in [0.3, 0.4) is 0 Å². The van der Waals surface area contributed by atoms with Crippen LogP contribution in [0.5, 0.6) is 0 Å². The fourth-order valence-electron chi connectivity index (χ4n) is 3.48. The first-order chi connectivity index (χ1) is 14.2. The monoisotopic (exact) mass is 422 g/mol. The zero-order valence-electron chi connectivity index (χ0n) is 16.1. The second-order valence-electron chi connectivity index (χ2n) is 6.84. The quantitative estimate of drug-likeness (QED) is 0.589. The number of rotatable bonds is 6. The molecule has 0 bridgehead atoms. The van der Waals surface area contributed by atoms with E-state index in [1.165, 1.54) is 5.56 Å². The number of aryl methyl sites for hydroxylation is 1. The van der Waals surface area contributed by atoms with E-state index in [9.17, 15) is 9.59 Å². The van der Waals surface area contributed by atoms with E-state index in [1.54, 1.807) is 23.1 Å². The Bertz CT molecular complexity index is 1000. The molecule has 0 saturated carbocycles. The van der Waals surface area contributed by atoms with E-state index in [-0.39, 0.29) is 17.2 Å². The number of amides is 2. The van der Waals surface area contributed by atoms with E-state index < -0.39 is 0 Å². The molecule has 4 rings (SSSR count). The number of thioether (sulfide) groups is 1. The minimum atomic E-state index is -0.0499. The lowest BCUT2D eigenvalue weighted by Gasteiger charge is -2.26. The molecule has 4 nitrogen and oxygen atoms in total. The molecule has 1 N–H and O–H groups in total. The highest BCUT2D eigenvalue weighted by atomic mass is 32.2. The van der Waals surface area contributed by atoms with Crippen molar-refractivity contribution in [3.63, 3.8) is 0 Å². The Labute approximate surface area is 178 Å². The lowest BCUT2D eigenvalue weighted by atomic mass is 10.1. The van der Waals surface area contributed by atoms with E-state index in [4.69, 9.17) is 0 Å². The maximum Gasteiger partial charge on any atom is 0.238 e. The molecule has 148 valence electrons. The summed E-state index contributed by atoms with van der Waals surface area (Å²) in [5, 5.41) is 4.87. The van der Waals surface area contributed by atoms with Crippen molar-refractivity contribution in [2.45, 2.75) is 25.1 Å². The third-order valence-corrected chi connectivity index (χ3v) is 6.98. The minimum absolute atomic E-state index is 0.0240. The third kappa shape index (κ3) is 4.38. The standard InChI is InChI=1S/C23H22N2O2S2/c1-2-16-6-3-4-8-20(16)25-22(27)15-29-23(25)17-9-11-18(12-10-17)24-21(26)14-19-7-5-13-28-19/h3-13,23H,2,14-15H2,1H3,(H,24,26)/t23-/m0/s1. The van der Waals surface area contributed by atoms with Crippen molar-refractivity contribution in [1.82, 2.24) is 0 Å². The first-order valence-electron chi connectivity index (χ1n) is 9.59. The van der Waals surface area contributed by atoms with Gasteiger partial charge in [0.1, 0.15) is 5.37 Å². The molecule has 0 unspecified atom stereocenters. The van der Waals surface area contributed by atoms with Crippen LogP contribution in [0.15, 0.2) is 66.0 Å². The summed E-state index contributed by atoms with van der Waals surface area (Å²) in [6, 6.07) is 19.8. The number of carbonyl (C=O) groups is 2. The number of nitrogens with zero attached hydrogens (tertiary/aromatic N) is 1. The van der Waals surface area contributed by atoms with Crippen molar-refractivity contribution in [2.24, 2.45) is 0 Å². The molecular weight excluding hydrogens is 400 g/mol. The third-order valence-electron chi connectivity index (χ3n) is 4.89. The number of para-hydroxylation sites is 1. The molecule has 2 heterocycles. The fraction of sp³-hybridized carbons (Fsp3) is 0.217. The summed E-state index contributed by atoms with van der Waals surface area (Å²) in [7, 11) is 0. The first-order valence-corrected chi connectivity index (χ1v) is 11.5. The van der Waals surface area contributed by atoms with E-state index in [0.29, 0.717) is 12.2 Å². The van der Waals surface area contributed by atoms with Crippen LogP contribution in [0.1, 0.15) is 28.3 Å². The largest absolute Gasteiger partial charge is 0.326 e. The van der Waals surface area contributed by atoms with Crippen LogP contribution in [0.4, 0.5) is 11.4 Å². The Kier molecular flexibility index (Phi) is 6.02. The van der Waals surface area contributed by atoms with Crippen LogP contribution >= 0.6 is 23.1 Å². The van der Waals surface area contributed by atoms with Crippen molar-refractivity contribution in [1.29, 1.82) is 0 Å². The molecule has 6 heteroatoms. The summed E-state index contributed by atoms with van der Waals surface area (Å²) < 4.78 is 0. The molecule has 0 radical (unpaired) electrons. The van der Waals surface area contributed by atoms with Gasteiger partial charge in [0.2, 0.25) is 11.8 Å². The zero-order chi connectivity index (χ0) is 20.2. The average molecular weight is 423 g/mol. The lowest BCUT2D eigenvalue weighted by Crippen LogP contribution is -2.28. The van der Waals surface area contributed by atoms with Gasteiger partial charge in [0.05, 0.1) is 12.2 Å². The summed E-state index contributed by atoms with van der Waals surface area (Å²) in [5.74, 6) is 0.584. The van der Waals surface area contributed by atoms with Crippen LogP contribution in [0.25, 0.3) is 0 Å². The topological polar surface area (TPSA) is 49.4 Å². The van der Waals surface area contributed by atoms with E-state index in [1.807, 2.05) is 64.9 Å².